The third-order valence-corrected chi connectivity index (χ3v) is 5.74. The van der Waals surface area contributed by atoms with Gasteiger partial charge in [-0.05, 0) is 18.9 Å². The number of carboxylic acid groups (broad SMARTS) is 1. The first kappa shape index (κ1) is 18.2. The van der Waals surface area contributed by atoms with Gasteiger partial charge in [-0.2, -0.15) is 0 Å². The summed E-state index contributed by atoms with van der Waals surface area (Å²) in [7, 11) is -3.69. The summed E-state index contributed by atoms with van der Waals surface area (Å²) < 4.78 is 24.2. The Hall–Kier alpha value is -2.14. The van der Waals surface area contributed by atoms with Crippen molar-refractivity contribution in [1.82, 2.24) is 10.2 Å². The lowest BCUT2D eigenvalue weighted by molar-refractivity contribution is -0.161. The molecule has 2 aliphatic heterocycles. The minimum atomic E-state index is -3.69. The number of fused-ring (bicyclic) bond motifs is 1. The third kappa shape index (κ3) is 3.36. The highest BCUT2D eigenvalue weighted by molar-refractivity contribution is 7.91. The number of carbonyl (C=O) groups excluding carboxylic acids is 2. The van der Waals surface area contributed by atoms with E-state index in [1.165, 1.54) is 6.92 Å². The van der Waals surface area contributed by atoms with Crippen molar-refractivity contribution >= 4 is 27.7 Å². The Balaban J connectivity index is 2.16. The molecular weight excluding hydrogens is 342 g/mol. The van der Waals surface area contributed by atoms with Crippen LogP contribution in [0, 0.1) is 5.92 Å². The lowest BCUT2D eigenvalue weighted by Crippen LogP contribution is -2.61. The molecule has 3 amide bonds. The Morgan fingerprint density at radius 1 is 1.46 bits per heavy atom. The van der Waals surface area contributed by atoms with Crippen LogP contribution in [0.15, 0.2) is 11.3 Å². The number of sulfone groups is 1. The van der Waals surface area contributed by atoms with E-state index in [2.05, 4.69) is 5.32 Å². The van der Waals surface area contributed by atoms with Gasteiger partial charge in [0, 0.05) is 6.54 Å². The van der Waals surface area contributed by atoms with E-state index >= 15 is 0 Å². The highest BCUT2D eigenvalue weighted by atomic mass is 32.2. The Bertz CT molecular complexity index is 713. The van der Waals surface area contributed by atoms with Gasteiger partial charge in [0.05, 0.1) is 29.6 Å². The largest absolute Gasteiger partial charge is 0.477 e. The Morgan fingerprint density at radius 2 is 2.08 bits per heavy atom. The number of hydrogen-bond acceptors (Lipinski definition) is 6. The van der Waals surface area contributed by atoms with Crippen molar-refractivity contribution in [3.63, 3.8) is 0 Å². The van der Waals surface area contributed by atoms with Crippen molar-refractivity contribution < 1.29 is 33.0 Å². The number of amides is 3. The van der Waals surface area contributed by atoms with Gasteiger partial charge in [0.2, 0.25) is 5.91 Å². The van der Waals surface area contributed by atoms with Crippen LogP contribution in [0.1, 0.15) is 13.3 Å². The number of nitrogens with two attached hydrogens (primary N) is 1. The first-order valence-electron chi connectivity index (χ1n) is 7.25. The first-order chi connectivity index (χ1) is 11.0. The van der Waals surface area contributed by atoms with Crippen LogP contribution in [0.5, 0.6) is 0 Å². The molecule has 1 fully saturated rings. The van der Waals surface area contributed by atoms with Gasteiger partial charge < -0.3 is 26.2 Å². The predicted molar refractivity (Wildman–Crippen MR) is 81.3 cm³/mol. The second-order valence-electron chi connectivity index (χ2n) is 5.89. The molecule has 2 aliphatic rings. The number of hydrogen-bond donors (Lipinski definition) is 4. The van der Waals surface area contributed by atoms with E-state index in [0.717, 1.165) is 4.90 Å². The number of aliphatic carboxylic acids is 1. The van der Waals surface area contributed by atoms with Gasteiger partial charge in [-0.1, -0.05) is 0 Å². The number of aliphatic hydroxyl groups is 1. The fourth-order valence-electron chi connectivity index (χ4n) is 3.16. The SMILES string of the molecule is CC(O)C1C(=O)N2C(C(=O)O)=C(CS(=O)(=O)CCNC(N)=O)CC12. The molecule has 3 unspecified atom stereocenters. The smallest absolute Gasteiger partial charge is 0.352 e. The molecule has 1 saturated heterocycles. The quantitative estimate of drug-likeness (QED) is 0.381. The molecule has 134 valence electrons. The van der Waals surface area contributed by atoms with Crippen molar-refractivity contribution in [1.29, 1.82) is 0 Å². The summed E-state index contributed by atoms with van der Waals surface area (Å²) in [5.41, 5.74) is 4.65. The molecule has 0 aromatic rings. The summed E-state index contributed by atoms with van der Waals surface area (Å²) in [4.78, 5) is 35.1. The van der Waals surface area contributed by atoms with Crippen LogP contribution in [0.25, 0.3) is 0 Å². The zero-order valence-corrected chi connectivity index (χ0v) is 13.7. The molecule has 24 heavy (non-hydrogen) atoms. The summed E-state index contributed by atoms with van der Waals surface area (Å²) in [6.07, 6.45) is -0.852. The fourth-order valence-corrected chi connectivity index (χ4v) is 4.50. The Kier molecular flexibility index (Phi) is 4.85. The molecule has 0 bridgehead atoms. The number of nitrogens with zero attached hydrogens (tertiary/aromatic N) is 1. The number of primary amides is 1. The van der Waals surface area contributed by atoms with E-state index in [1.807, 2.05) is 0 Å². The van der Waals surface area contributed by atoms with Crippen LogP contribution >= 0.6 is 0 Å². The summed E-state index contributed by atoms with van der Waals surface area (Å²) in [6, 6.07) is -1.39. The maximum absolute atomic E-state index is 12.1. The molecule has 0 spiro atoms. The molecule has 10 nitrogen and oxygen atoms in total. The van der Waals surface area contributed by atoms with Gasteiger partial charge in [0.25, 0.3) is 0 Å². The second kappa shape index (κ2) is 6.40. The monoisotopic (exact) mass is 361 g/mol. The minimum absolute atomic E-state index is 0.0887. The van der Waals surface area contributed by atoms with E-state index in [-0.39, 0.29) is 24.2 Å². The van der Waals surface area contributed by atoms with E-state index in [0.29, 0.717) is 0 Å². The number of β-lactam (4-membered cyclic amide) rings is 1. The fraction of sp³-hybridized carbons (Fsp3) is 0.615. The maximum Gasteiger partial charge on any atom is 0.352 e. The molecule has 11 heteroatoms. The minimum Gasteiger partial charge on any atom is -0.477 e. The zero-order chi connectivity index (χ0) is 18.2. The Labute approximate surface area is 138 Å². The van der Waals surface area contributed by atoms with Crippen LogP contribution in [0.4, 0.5) is 4.79 Å². The topological polar surface area (TPSA) is 167 Å². The standard InChI is InChI=1S/C13H19N3O7S/c1-6(17)9-8-4-7(10(12(19)20)16(8)11(9)18)5-24(22,23)3-2-15-13(14)21/h6,8-9,17H,2-5H2,1H3,(H,19,20)(H3,14,15,21). The van der Waals surface area contributed by atoms with Gasteiger partial charge in [0.15, 0.2) is 9.84 Å². The average molecular weight is 361 g/mol. The lowest BCUT2D eigenvalue weighted by atomic mass is 9.83. The summed E-state index contributed by atoms with van der Waals surface area (Å²) in [6.45, 7) is 1.25. The van der Waals surface area contributed by atoms with Gasteiger partial charge >= 0.3 is 12.0 Å². The van der Waals surface area contributed by atoms with Crippen molar-refractivity contribution in [3.8, 4) is 0 Å². The number of rotatable bonds is 7. The second-order valence-corrected chi connectivity index (χ2v) is 8.07. The van der Waals surface area contributed by atoms with E-state index in [4.69, 9.17) is 5.73 Å². The number of carbonyl (C=O) groups is 3. The van der Waals surface area contributed by atoms with Crippen LogP contribution in [-0.2, 0) is 19.4 Å². The van der Waals surface area contributed by atoms with Gasteiger partial charge in [-0.25, -0.2) is 18.0 Å². The zero-order valence-electron chi connectivity index (χ0n) is 12.9. The molecule has 0 aromatic carbocycles. The summed E-state index contributed by atoms with van der Waals surface area (Å²) in [5, 5.41) is 21.1. The molecule has 0 aromatic heterocycles. The van der Waals surface area contributed by atoms with Crippen LogP contribution in [0.2, 0.25) is 0 Å². The summed E-state index contributed by atoms with van der Waals surface area (Å²) >= 11 is 0. The predicted octanol–water partition coefficient (Wildman–Crippen LogP) is -1.98. The summed E-state index contributed by atoms with van der Waals surface area (Å²) in [5.74, 6) is -3.55. The Morgan fingerprint density at radius 3 is 2.58 bits per heavy atom. The lowest BCUT2D eigenvalue weighted by Gasteiger charge is -2.44. The van der Waals surface area contributed by atoms with Gasteiger partial charge in [0.1, 0.15) is 5.70 Å². The van der Waals surface area contributed by atoms with Crippen LogP contribution in [-0.4, -0.2) is 71.6 Å². The highest BCUT2D eigenvalue weighted by Crippen LogP contribution is 2.43. The van der Waals surface area contributed by atoms with Gasteiger partial charge in [-0.15, -0.1) is 0 Å². The molecule has 2 rings (SSSR count). The van der Waals surface area contributed by atoms with Crippen LogP contribution < -0.4 is 11.1 Å². The highest BCUT2D eigenvalue weighted by Gasteiger charge is 2.56. The molecule has 0 aliphatic carbocycles. The maximum atomic E-state index is 12.1. The molecule has 2 heterocycles. The first-order valence-corrected chi connectivity index (χ1v) is 9.07. The van der Waals surface area contributed by atoms with E-state index in [1.54, 1.807) is 0 Å². The van der Waals surface area contributed by atoms with Crippen molar-refractivity contribution in [2.75, 3.05) is 18.1 Å². The number of carboxylic acids is 1. The van der Waals surface area contributed by atoms with E-state index < -0.39 is 57.3 Å². The molecule has 5 N–H and O–H groups in total. The molecule has 3 atom stereocenters. The normalized spacial score (nSPS) is 24.4. The molecule has 0 radical (unpaired) electrons. The average Bonchev–Trinajstić information content (AvgIpc) is 2.71. The van der Waals surface area contributed by atoms with E-state index in [9.17, 15) is 33.0 Å². The van der Waals surface area contributed by atoms with Crippen molar-refractivity contribution in [2.24, 2.45) is 11.7 Å². The van der Waals surface area contributed by atoms with Crippen molar-refractivity contribution in [2.45, 2.75) is 25.5 Å². The van der Waals surface area contributed by atoms with Crippen LogP contribution in [0.3, 0.4) is 0 Å². The van der Waals surface area contributed by atoms with Gasteiger partial charge in [-0.3, -0.25) is 4.79 Å². The molecule has 0 saturated carbocycles. The number of aliphatic hydroxyl groups excluding tert-OH is 1. The van der Waals surface area contributed by atoms with Crippen molar-refractivity contribution in [3.05, 3.63) is 11.3 Å². The third-order valence-electron chi connectivity index (χ3n) is 4.13. The number of nitrogens with one attached hydrogen (secondary N) is 1. The molecular formula is C13H19N3O7S. The number of urea groups is 1.